The van der Waals surface area contributed by atoms with Gasteiger partial charge in [-0.2, -0.15) is 0 Å². The van der Waals surface area contributed by atoms with Crippen molar-refractivity contribution in [3.8, 4) is 0 Å². The summed E-state index contributed by atoms with van der Waals surface area (Å²) in [5.74, 6) is 0. The molecule has 0 amide bonds. The Hall–Kier alpha value is 1.53. The van der Waals surface area contributed by atoms with Crippen molar-refractivity contribution >= 4 is 34.4 Å². The van der Waals surface area contributed by atoms with E-state index in [1.807, 2.05) is 0 Å². The summed E-state index contributed by atoms with van der Waals surface area (Å²) in [6.45, 7) is 0. The van der Waals surface area contributed by atoms with Crippen molar-refractivity contribution in [2.24, 2.45) is 0 Å². The van der Waals surface area contributed by atoms with Gasteiger partial charge in [0.05, 0.1) is 0 Å². The van der Waals surface area contributed by atoms with Gasteiger partial charge in [0.2, 0.25) is 0 Å². The molecule has 0 saturated carbocycles. The van der Waals surface area contributed by atoms with Crippen molar-refractivity contribution in [1.82, 2.24) is 0 Å². The summed E-state index contributed by atoms with van der Waals surface area (Å²) in [7, 11) is 0. The molecular weight excluding hydrogens is 270 g/mol. The molecule has 0 radical (unpaired) electrons. The van der Waals surface area contributed by atoms with E-state index in [1.54, 1.807) is 0 Å². The SMILES string of the molecule is [CH3][SnH]([CH3])[I]. The van der Waals surface area contributed by atoms with E-state index >= 15 is 0 Å². The Kier molecular flexibility index (Phi) is 3.80. The second-order valence-electron chi connectivity index (χ2n) is 1.01. The average Bonchev–Trinajstić information content (AvgIpc) is 0.811. The summed E-state index contributed by atoms with van der Waals surface area (Å²) in [6, 6.07) is 0. The molecule has 0 nitrogen and oxygen atoms in total. The van der Waals surface area contributed by atoms with Crippen LogP contribution in [0.3, 0.4) is 0 Å². The fraction of sp³-hybridized carbons (Fsp3) is 1.00. The summed E-state index contributed by atoms with van der Waals surface area (Å²) >= 11 is 1.89. The molecule has 0 aromatic heterocycles. The summed E-state index contributed by atoms with van der Waals surface area (Å²) in [5.41, 5.74) is 0. The molecule has 0 aromatic carbocycles. The van der Waals surface area contributed by atoms with Crippen molar-refractivity contribution < 1.29 is 0 Å². The molecule has 0 spiro atoms. The molecule has 0 saturated heterocycles. The molecule has 0 fully saturated rings. The second kappa shape index (κ2) is 2.75. The maximum absolute atomic E-state index is 2.55. The molecule has 2 heteroatoms. The van der Waals surface area contributed by atoms with Gasteiger partial charge in [0, 0.05) is 0 Å². The third-order valence-corrected chi connectivity index (χ3v) is 0. The van der Waals surface area contributed by atoms with E-state index in [1.165, 1.54) is 0 Å². The first-order valence-electron chi connectivity index (χ1n) is 1.37. The first-order valence-corrected chi connectivity index (χ1v) is 17.6. The van der Waals surface area contributed by atoms with Crippen LogP contribution in [-0.4, -0.2) is 15.8 Å². The van der Waals surface area contributed by atoms with Gasteiger partial charge >= 0.3 is 44.3 Å². The molecule has 0 aliphatic carbocycles. The first kappa shape index (κ1) is 5.53. The normalized spacial score (nSPS) is 9.00. The van der Waals surface area contributed by atoms with Crippen molar-refractivity contribution in [1.29, 1.82) is 0 Å². The molecule has 0 rings (SSSR count). The minimum absolute atomic E-state index is 0.667. The zero-order valence-electron chi connectivity index (χ0n) is 2.96. The van der Waals surface area contributed by atoms with E-state index in [-0.39, 0.29) is 0 Å². The number of hydrogen-bond acceptors (Lipinski definition) is 0. The quantitative estimate of drug-likeness (QED) is 0.464. The number of halogens is 1. The first-order chi connectivity index (χ1) is 1.73. The Morgan fingerprint density at radius 2 is 1.50 bits per heavy atom. The third kappa shape index (κ3) is 9.66. The molecule has 0 aliphatic heterocycles. The van der Waals surface area contributed by atoms with E-state index in [2.05, 4.69) is 28.5 Å². The van der Waals surface area contributed by atoms with Crippen LogP contribution < -0.4 is 0 Å². The maximum atomic E-state index is 2.55. The van der Waals surface area contributed by atoms with Gasteiger partial charge in [-0.1, -0.05) is 0 Å². The molecule has 0 N–H and O–H groups in total. The number of hydrogen-bond donors (Lipinski definition) is 0. The predicted molar refractivity (Wildman–Crippen MR) is 32.9 cm³/mol. The van der Waals surface area contributed by atoms with Gasteiger partial charge in [0.15, 0.2) is 0 Å². The molecular formula is C2H7ISn. The molecule has 0 aromatic rings. The van der Waals surface area contributed by atoms with E-state index in [0.717, 1.165) is 0 Å². The minimum atomic E-state index is -0.667. The van der Waals surface area contributed by atoms with Crippen molar-refractivity contribution in [2.45, 2.75) is 9.88 Å². The summed E-state index contributed by atoms with van der Waals surface area (Å²) in [5, 5.41) is 0. The van der Waals surface area contributed by atoms with Gasteiger partial charge in [-0.3, -0.25) is 0 Å². The molecule has 0 atom stereocenters. The molecule has 0 unspecified atom stereocenters. The molecule has 0 aliphatic rings. The average molecular weight is 277 g/mol. The summed E-state index contributed by atoms with van der Waals surface area (Å²) in [6.07, 6.45) is 0. The Labute approximate surface area is 43.9 Å². The zero-order chi connectivity index (χ0) is 3.58. The van der Waals surface area contributed by atoms with Crippen LogP contribution in [0.2, 0.25) is 9.88 Å². The fourth-order valence-electron chi connectivity index (χ4n) is 0. The third-order valence-electron chi connectivity index (χ3n) is 0. The standard InChI is InChI=1S/2CH3.HI.Sn.H/h2*1H3;1H;;/q;;;+1;/p-1. The van der Waals surface area contributed by atoms with Crippen molar-refractivity contribution in [3.05, 3.63) is 0 Å². The van der Waals surface area contributed by atoms with Gasteiger partial charge in [-0.15, -0.1) is 0 Å². The van der Waals surface area contributed by atoms with Crippen LogP contribution in [0.4, 0.5) is 0 Å². The number of rotatable bonds is 0. The van der Waals surface area contributed by atoms with Gasteiger partial charge in [-0.05, 0) is 0 Å². The predicted octanol–water partition coefficient (Wildman–Crippen LogP) is 1.40. The van der Waals surface area contributed by atoms with Crippen molar-refractivity contribution in [2.75, 3.05) is 0 Å². The van der Waals surface area contributed by atoms with Crippen LogP contribution in [0.15, 0.2) is 0 Å². The second-order valence-corrected chi connectivity index (χ2v) is 23.5. The Bertz CT molecular complexity index is 10.8. The van der Waals surface area contributed by atoms with Gasteiger partial charge in [0.25, 0.3) is 0 Å². The monoisotopic (exact) mass is 278 g/mol. The van der Waals surface area contributed by atoms with Crippen LogP contribution in [0, 0.1) is 0 Å². The van der Waals surface area contributed by atoms with Crippen LogP contribution in [0.25, 0.3) is 0 Å². The molecule has 26 valence electrons. The van der Waals surface area contributed by atoms with E-state index in [4.69, 9.17) is 0 Å². The Morgan fingerprint density at radius 3 is 1.50 bits per heavy atom. The van der Waals surface area contributed by atoms with Gasteiger partial charge in [0.1, 0.15) is 0 Å². The molecule has 0 heterocycles. The van der Waals surface area contributed by atoms with Gasteiger partial charge < -0.3 is 0 Å². The van der Waals surface area contributed by atoms with Crippen LogP contribution in [0.5, 0.6) is 0 Å². The Morgan fingerprint density at radius 1 is 1.50 bits per heavy atom. The van der Waals surface area contributed by atoms with Crippen LogP contribution in [0.1, 0.15) is 0 Å². The van der Waals surface area contributed by atoms with E-state index < -0.39 is 15.8 Å². The summed E-state index contributed by atoms with van der Waals surface area (Å²) in [4.78, 5) is 4.73. The van der Waals surface area contributed by atoms with Crippen molar-refractivity contribution in [3.63, 3.8) is 0 Å². The fourth-order valence-corrected chi connectivity index (χ4v) is 0. The van der Waals surface area contributed by atoms with Crippen LogP contribution in [-0.2, 0) is 0 Å². The summed E-state index contributed by atoms with van der Waals surface area (Å²) < 4.78 is 0. The molecule has 0 bridgehead atoms. The molecule has 4 heavy (non-hydrogen) atoms. The van der Waals surface area contributed by atoms with Gasteiger partial charge in [-0.25, -0.2) is 0 Å². The topological polar surface area (TPSA) is 0 Å². The zero-order valence-corrected chi connectivity index (χ0v) is 8.41. The van der Waals surface area contributed by atoms with Crippen LogP contribution >= 0.6 is 18.6 Å². The van der Waals surface area contributed by atoms with E-state index in [9.17, 15) is 0 Å². The van der Waals surface area contributed by atoms with E-state index in [0.29, 0.717) is 0 Å². The Balaban J connectivity index is 2.32.